The number of hydrogen-bond acceptors (Lipinski definition) is 7. The molecule has 2 aromatic carbocycles. The Balaban J connectivity index is 1.76. The maximum absolute atomic E-state index is 13.4. The first kappa shape index (κ1) is 24.8. The molecule has 1 aliphatic rings. The van der Waals surface area contributed by atoms with Crippen molar-refractivity contribution in [1.29, 1.82) is 0 Å². The Labute approximate surface area is 193 Å². The fourth-order valence-electron chi connectivity index (χ4n) is 3.45. The van der Waals surface area contributed by atoms with E-state index in [9.17, 15) is 18.0 Å². The summed E-state index contributed by atoms with van der Waals surface area (Å²) in [5.74, 6) is -1.14. The van der Waals surface area contributed by atoms with Gasteiger partial charge < -0.3 is 10.1 Å². The summed E-state index contributed by atoms with van der Waals surface area (Å²) in [7, 11) is -4.06. The molecule has 3 rings (SSSR count). The van der Waals surface area contributed by atoms with Crippen LogP contribution in [-0.4, -0.2) is 80.1 Å². The maximum Gasteiger partial charge on any atom is 0.261 e. The van der Waals surface area contributed by atoms with E-state index in [0.29, 0.717) is 44.1 Å². The molecule has 1 heterocycles. The molecule has 33 heavy (non-hydrogen) atoms. The minimum absolute atomic E-state index is 0.0280. The van der Waals surface area contributed by atoms with Gasteiger partial charge in [-0.1, -0.05) is 18.2 Å². The van der Waals surface area contributed by atoms with E-state index in [1.807, 2.05) is 0 Å². The topological polar surface area (TPSA) is 128 Å². The normalized spacial score (nSPS) is 15.7. The molecule has 0 bridgehead atoms. The zero-order valence-corrected chi connectivity index (χ0v) is 19.1. The van der Waals surface area contributed by atoms with Crippen LogP contribution in [0.15, 0.2) is 59.5 Å². The fraction of sp³-hybridized carbons (Fsp3) is 0.364. The highest BCUT2D eigenvalue weighted by atomic mass is 32.2. The van der Waals surface area contributed by atoms with E-state index in [4.69, 9.17) is 9.94 Å². The molecule has 10 nitrogen and oxygen atoms in total. The van der Waals surface area contributed by atoms with E-state index in [0.717, 1.165) is 4.31 Å². The van der Waals surface area contributed by atoms with Gasteiger partial charge in [0.15, 0.2) is 0 Å². The predicted molar refractivity (Wildman–Crippen MR) is 121 cm³/mol. The molecule has 178 valence electrons. The van der Waals surface area contributed by atoms with Crippen LogP contribution in [0.3, 0.4) is 0 Å². The highest BCUT2D eigenvalue weighted by Crippen LogP contribution is 2.21. The fourth-order valence-corrected chi connectivity index (χ4v) is 5.03. The van der Waals surface area contributed by atoms with Crippen LogP contribution in [0.2, 0.25) is 0 Å². The Morgan fingerprint density at radius 1 is 1.09 bits per heavy atom. The second-order valence-electron chi connectivity index (χ2n) is 7.57. The summed E-state index contributed by atoms with van der Waals surface area (Å²) in [5, 5.41) is 11.8. The lowest BCUT2D eigenvalue weighted by Gasteiger charge is -2.31. The molecule has 0 saturated carbocycles. The van der Waals surface area contributed by atoms with Crippen LogP contribution in [0.25, 0.3) is 0 Å². The van der Waals surface area contributed by atoms with E-state index in [1.165, 1.54) is 36.7 Å². The average molecular weight is 477 g/mol. The van der Waals surface area contributed by atoms with Gasteiger partial charge in [-0.2, -0.15) is 4.31 Å². The summed E-state index contributed by atoms with van der Waals surface area (Å²) in [6.45, 7) is 4.36. The van der Waals surface area contributed by atoms with Gasteiger partial charge in [-0.25, -0.2) is 13.9 Å². The Morgan fingerprint density at radius 2 is 1.73 bits per heavy atom. The summed E-state index contributed by atoms with van der Waals surface area (Å²) < 4.78 is 33.1. The van der Waals surface area contributed by atoms with Crippen molar-refractivity contribution in [3.63, 3.8) is 0 Å². The smallest absolute Gasteiger partial charge is 0.261 e. The van der Waals surface area contributed by atoms with E-state index >= 15 is 0 Å². The van der Waals surface area contributed by atoms with E-state index < -0.39 is 22.0 Å². The zero-order valence-electron chi connectivity index (χ0n) is 18.3. The maximum atomic E-state index is 13.4. The lowest BCUT2D eigenvalue weighted by molar-refractivity contribution is -0.132. The molecule has 0 radical (unpaired) electrons. The number of nitrogens with zero attached hydrogens (tertiary/aromatic N) is 2. The summed E-state index contributed by atoms with van der Waals surface area (Å²) in [6.07, 6.45) is 0. The SMILES string of the molecule is C[C@H](C(=O)NO)N(CCN1CCOCC1)S(=O)(=O)c1ccc(NC(=O)c2ccccc2)cc1. The van der Waals surface area contributed by atoms with Gasteiger partial charge in [0.2, 0.25) is 10.0 Å². The summed E-state index contributed by atoms with van der Waals surface area (Å²) in [5.41, 5.74) is 2.44. The number of amides is 2. The number of carbonyl (C=O) groups excluding carboxylic acids is 2. The lowest BCUT2D eigenvalue weighted by Crippen LogP contribution is -2.50. The van der Waals surface area contributed by atoms with Crippen LogP contribution < -0.4 is 10.8 Å². The van der Waals surface area contributed by atoms with Crippen LogP contribution in [0.5, 0.6) is 0 Å². The Kier molecular flexibility index (Phi) is 8.53. The number of benzene rings is 2. The van der Waals surface area contributed by atoms with Gasteiger partial charge in [-0.3, -0.25) is 19.7 Å². The van der Waals surface area contributed by atoms with Crippen LogP contribution >= 0.6 is 0 Å². The van der Waals surface area contributed by atoms with Gasteiger partial charge in [0.1, 0.15) is 6.04 Å². The molecule has 1 fully saturated rings. The number of nitrogens with one attached hydrogen (secondary N) is 2. The number of sulfonamides is 1. The third-order valence-electron chi connectivity index (χ3n) is 5.42. The van der Waals surface area contributed by atoms with Crippen molar-refractivity contribution < 1.29 is 28.0 Å². The standard InChI is InChI=1S/C22H28N4O6S/c1-17(21(27)24-29)26(12-11-25-13-15-32-16-14-25)33(30,31)20-9-7-19(8-10-20)23-22(28)18-5-3-2-4-6-18/h2-10,17,29H,11-16H2,1H3,(H,23,28)(H,24,27)/t17-/m1/s1. The number of hydroxylamine groups is 1. The molecule has 1 atom stereocenters. The Morgan fingerprint density at radius 3 is 2.33 bits per heavy atom. The minimum Gasteiger partial charge on any atom is -0.379 e. The van der Waals surface area contributed by atoms with E-state index in [1.54, 1.807) is 30.3 Å². The van der Waals surface area contributed by atoms with E-state index in [2.05, 4.69) is 10.2 Å². The number of morpholine rings is 1. The summed E-state index contributed by atoms with van der Waals surface area (Å²) in [4.78, 5) is 26.4. The van der Waals surface area contributed by atoms with Gasteiger partial charge in [0.05, 0.1) is 18.1 Å². The number of hydrogen-bond donors (Lipinski definition) is 3. The third-order valence-corrected chi connectivity index (χ3v) is 7.40. The van der Waals surface area contributed by atoms with Crippen molar-refractivity contribution in [2.75, 3.05) is 44.7 Å². The van der Waals surface area contributed by atoms with Crippen LogP contribution in [-0.2, 0) is 19.6 Å². The third kappa shape index (κ3) is 6.36. The molecular weight excluding hydrogens is 448 g/mol. The van der Waals surface area contributed by atoms with Crippen LogP contribution in [0.1, 0.15) is 17.3 Å². The number of anilines is 1. The van der Waals surface area contributed by atoms with Crippen molar-refractivity contribution in [3.05, 3.63) is 60.2 Å². The molecule has 2 amide bonds. The second kappa shape index (κ2) is 11.3. The first-order valence-electron chi connectivity index (χ1n) is 10.6. The second-order valence-corrected chi connectivity index (χ2v) is 9.46. The van der Waals surface area contributed by atoms with Gasteiger partial charge in [0, 0.05) is 37.4 Å². The molecule has 3 N–H and O–H groups in total. The van der Waals surface area contributed by atoms with Gasteiger partial charge >= 0.3 is 0 Å². The Hall–Kier alpha value is -2.83. The summed E-state index contributed by atoms with van der Waals surface area (Å²) >= 11 is 0. The van der Waals surface area contributed by atoms with Gasteiger partial charge in [-0.05, 0) is 43.3 Å². The average Bonchev–Trinajstić information content (AvgIpc) is 2.85. The highest BCUT2D eigenvalue weighted by molar-refractivity contribution is 7.89. The molecule has 11 heteroatoms. The molecule has 1 saturated heterocycles. The zero-order chi connectivity index (χ0) is 23.8. The van der Waals surface area contributed by atoms with Crippen molar-refractivity contribution >= 4 is 27.5 Å². The van der Waals surface area contributed by atoms with E-state index in [-0.39, 0.29) is 17.3 Å². The van der Waals surface area contributed by atoms with Crippen molar-refractivity contribution in [2.45, 2.75) is 17.9 Å². The largest absolute Gasteiger partial charge is 0.379 e. The number of ether oxygens (including phenoxy) is 1. The molecule has 0 aromatic heterocycles. The molecule has 2 aromatic rings. The number of rotatable bonds is 9. The lowest BCUT2D eigenvalue weighted by atomic mass is 10.2. The predicted octanol–water partition coefficient (Wildman–Crippen LogP) is 1.16. The molecule has 0 spiro atoms. The molecule has 0 aliphatic carbocycles. The van der Waals surface area contributed by atoms with Crippen LogP contribution in [0.4, 0.5) is 5.69 Å². The van der Waals surface area contributed by atoms with Crippen molar-refractivity contribution in [2.24, 2.45) is 0 Å². The monoisotopic (exact) mass is 476 g/mol. The summed E-state index contributed by atoms with van der Waals surface area (Å²) in [6, 6.07) is 13.3. The van der Waals surface area contributed by atoms with Crippen molar-refractivity contribution in [1.82, 2.24) is 14.7 Å². The number of carbonyl (C=O) groups is 2. The van der Waals surface area contributed by atoms with Crippen molar-refractivity contribution in [3.8, 4) is 0 Å². The first-order valence-corrected chi connectivity index (χ1v) is 12.0. The van der Waals surface area contributed by atoms with Gasteiger partial charge in [0.25, 0.3) is 11.8 Å². The molecular formula is C22H28N4O6S. The minimum atomic E-state index is -4.06. The molecule has 0 unspecified atom stereocenters. The van der Waals surface area contributed by atoms with Gasteiger partial charge in [-0.15, -0.1) is 0 Å². The van der Waals surface area contributed by atoms with Crippen LogP contribution in [0, 0.1) is 0 Å². The Bertz CT molecular complexity index is 1040. The first-order chi connectivity index (χ1) is 15.8. The highest BCUT2D eigenvalue weighted by Gasteiger charge is 2.33. The quantitative estimate of drug-likeness (QED) is 0.366. The molecule has 1 aliphatic heterocycles.